The number of amides is 1. The van der Waals surface area contributed by atoms with Crippen LogP contribution in [0.3, 0.4) is 0 Å². The molecule has 0 saturated carbocycles. The number of carboxylic acid groups (broad SMARTS) is 1. The van der Waals surface area contributed by atoms with E-state index in [0.717, 1.165) is 29.4 Å². The Kier molecular flexibility index (Phi) is 7.68. The van der Waals surface area contributed by atoms with Gasteiger partial charge >= 0.3 is 12.1 Å². The molecule has 2 rings (SSSR count). The van der Waals surface area contributed by atoms with Crippen LogP contribution < -0.4 is 5.73 Å². The molecule has 5 nitrogen and oxygen atoms in total. The fraction of sp³-hybridized carbons (Fsp3) is 0.467. The predicted molar refractivity (Wildman–Crippen MR) is 85.3 cm³/mol. The molecule has 1 aliphatic rings. The second kappa shape index (κ2) is 9.03. The van der Waals surface area contributed by atoms with Crippen LogP contribution in [0.1, 0.15) is 18.4 Å². The number of aliphatic carboxylic acids is 1. The van der Waals surface area contributed by atoms with Crippen LogP contribution >= 0.6 is 15.9 Å². The number of carbonyl (C=O) groups excluding carboxylic acids is 1. The highest BCUT2D eigenvalue weighted by Gasteiger charge is 2.38. The maximum absolute atomic E-state index is 12.2. The summed E-state index contributed by atoms with van der Waals surface area (Å²) in [4.78, 5) is 23.0. The Labute approximate surface area is 145 Å². The molecule has 134 valence electrons. The maximum atomic E-state index is 12.2. The summed E-state index contributed by atoms with van der Waals surface area (Å²) in [5, 5.41) is 7.12. The van der Waals surface area contributed by atoms with Crippen LogP contribution in [-0.2, 0) is 16.0 Å². The quantitative estimate of drug-likeness (QED) is 0.801. The van der Waals surface area contributed by atoms with E-state index in [1.165, 1.54) is 0 Å². The molecule has 24 heavy (non-hydrogen) atoms. The van der Waals surface area contributed by atoms with Crippen LogP contribution in [0.2, 0.25) is 0 Å². The zero-order valence-electron chi connectivity index (χ0n) is 12.7. The maximum Gasteiger partial charge on any atom is 0.490 e. The number of nitrogens with zero attached hydrogens (tertiary/aromatic N) is 1. The number of rotatable bonds is 3. The summed E-state index contributed by atoms with van der Waals surface area (Å²) in [5.41, 5.74) is 6.72. The van der Waals surface area contributed by atoms with Crippen molar-refractivity contribution < 1.29 is 27.9 Å². The molecular formula is C15H18BrF3N2O3. The van der Waals surface area contributed by atoms with Gasteiger partial charge in [-0.2, -0.15) is 13.2 Å². The van der Waals surface area contributed by atoms with Crippen molar-refractivity contribution in [2.45, 2.75) is 31.5 Å². The van der Waals surface area contributed by atoms with Gasteiger partial charge in [-0.1, -0.05) is 34.1 Å². The van der Waals surface area contributed by atoms with Crippen LogP contribution in [0.4, 0.5) is 13.2 Å². The lowest BCUT2D eigenvalue weighted by Crippen LogP contribution is -2.40. The van der Waals surface area contributed by atoms with Crippen molar-refractivity contribution in [3.63, 3.8) is 0 Å². The topological polar surface area (TPSA) is 83.6 Å². The third-order valence-corrected chi connectivity index (χ3v) is 4.29. The van der Waals surface area contributed by atoms with Crippen molar-refractivity contribution >= 4 is 27.8 Å². The first-order chi connectivity index (χ1) is 11.2. The number of benzene rings is 1. The Balaban J connectivity index is 0.000000351. The smallest absolute Gasteiger partial charge is 0.475 e. The summed E-state index contributed by atoms with van der Waals surface area (Å²) in [6.07, 6.45) is -2.51. The van der Waals surface area contributed by atoms with Crippen LogP contribution in [-0.4, -0.2) is 47.2 Å². The second-order valence-electron chi connectivity index (χ2n) is 5.19. The number of hydrogen-bond acceptors (Lipinski definition) is 3. The molecule has 0 radical (unpaired) electrons. The molecule has 1 heterocycles. The van der Waals surface area contributed by atoms with Gasteiger partial charge in [0.1, 0.15) is 0 Å². The van der Waals surface area contributed by atoms with E-state index in [2.05, 4.69) is 15.9 Å². The summed E-state index contributed by atoms with van der Waals surface area (Å²) in [7, 11) is 0. The zero-order valence-corrected chi connectivity index (χ0v) is 14.3. The third-order valence-electron chi connectivity index (χ3n) is 3.51. The molecule has 3 N–H and O–H groups in total. The summed E-state index contributed by atoms with van der Waals surface area (Å²) < 4.78 is 32.7. The zero-order chi connectivity index (χ0) is 18.3. The Morgan fingerprint density at radius 1 is 1.33 bits per heavy atom. The molecule has 0 bridgehead atoms. The van der Waals surface area contributed by atoms with Crippen molar-refractivity contribution in [3.8, 4) is 0 Å². The minimum atomic E-state index is -5.08. The van der Waals surface area contributed by atoms with Crippen LogP contribution in [0.15, 0.2) is 28.7 Å². The lowest BCUT2D eigenvalue weighted by atomic mass is 10.1. The predicted octanol–water partition coefficient (Wildman–Crippen LogP) is 2.57. The minimum Gasteiger partial charge on any atom is -0.475 e. The molecule has 1 unspecified atom stereocenters. The Bertz CT molecular complexity index is 581. The van der Waals surface area contributed by atoms with Crippen molar-refractivity contribution in [1.29, 1.82) is 0 Å². The molecule has 1 aromatic rings. The summed E-state index contributed by atoms with van der Waals surface area (Å²) in [6.45, 7) is 1.42. The number of nitrogens with two attached hydrogens (primary N) is 1. The number of carbonyl (C=O) groups is 2. The number of halogens is 4. The van der Waals surface area contributed by atoms with E-state index in [1.54, 1.807) is 0 Å². The highest BCUT2D eigenvalue weighted by atomic mass is 79.9. The Hall–Kier alpha value is -1.61. The fourth-order valence-electron chi connectivity index (χ4n) is 2.32. The average Bonchev–Trinajstić information content (AvgIpc) is 2.98. The van der Waals surface area contributed by atoms with E-state index in [0.29, 0.717) is 13.0 Å². The van der Waals surface area contributed by atoms with E-state index in [4.69, 9.17) is 15.6 Å². The van der Waals surface area contributed by atoms with Gasteiger partial charge in [0.15, 0.2) is 0 Å². The Morgan fingerprint density at radius 3 is 2.42 bits per heavy atom. The number of likely N-dealkylation sites (tertiary alicyclic amines) is 1. The van der Waals surface area contributed by atoms with Crippen molar-refractivity contribution in [1.82, 2.24) is 4.90 Å². The molecule has 1 fully saturated rings. The van der Waals surface area contributed by atoms with Crippen LogP contribution in [0, 0.1) is 0 Å². The lowest BCUT2D eigenvalue weighted by Gasteiger charge is -2.23. The van der Waals surface area contributed by atoms with Gasteiger partial charge in [-0.05, 0) is 24.5 Å². The highest BCUT2D eigenvalue weighted by Crippen LogP contribution is 2.21. The summed E-state index contributed by atoms with van der Waals surface area (Å²) in [6, 6.07) is 8.10. The normalized spacial score (nSPS) is 17.2. The van der Waals surface area contributed by atoms with E-state index < -0.39 is 12.1 Å². The minimum absolute atomic E-state index is 0.185. The molecule has 1 aromatic carbocycles. The Morgan fingerprint density at radius 2 is 1.92 bits per heavy atom. The number of alkyl halides is 3. The van der Waals surface area contributed by atoms with E-state index >= 15 is 0 Å². The first kappa shape index (κ1) is 20.4. The van der Waals surface area contributed by atoms with Crippen LogP contribution in [0.25, 0.3) is 0 Å². The SMILES string of the molecule is NCC1CCCN1C(=O)Cc1ccccc1Br.O=C(O)C(F)(F)F. The first-order valence-corrected chi connectivity index (χ1v) is 7.99. The van der Waals surface area contributed by atoms with Gasteiger partial charge in [0, 0.05) is 23.6 Å². The number of hydrogen-bond donors (Lipinski definition) is 2. The van der Waals surface area contributed by atoms with Crippen LogP contribution in [0.5, 0.6) is 0 Å². The molecule has 9 heteroatoms. The molecule has 1 saturated heterocycles. The second-order valence-corrected chi connectivity index (χ2v) is 6.04. The van der Waals surface area contributed by atoms with Gasteiger partial charge < -0.3 is 15.7 Å². The number of carboxylic acids is 1. The lowest BCUT2D eigenvalue weighted by molar-refractivity contribution is -0.192. The van der Waals surface area contributed by atoms with Gasteiger partial charge in [0.25, 0.3) is 0 Å². The molecule has 1 aliphatic heterocycles. The summed E-state index contributed by atoms with van der Waals surface area (Å²) in [5.74, 6) is -2.57. The van der Waals surface area contributed by atoms with Crippen molar-refractivity contribution in [2.24, 2.45) is 5.73 Å². The third kappa shape index (κ3) is 6.12. The first-order valence-electron chi connectivity index (χ1n) is 7.20. The van der Waals surface area contributed by atoms with Gasteiger partial charge in [-0.15, -0.1) is 0 Å². The molecule has 1 amide bonds. The van der Waals surface area contributed by atoms with E-state index in [-0.39, 0.29) is 11.9 Å². The van der Waals surface area contributed by atoms with E-state index in [1.807, 2.05) is 29.2 Å². The average molecular weight is 411 g/mol. The monoisotopic (exact) mass is 410 g/mol. The molecular weight excluding hydrogens is 393 g/mol. The van der Waals surface area contributed by atoms with Crippen molar-refractivity contribution in [3.05, 3.63) is 34.3 Å². The standard InChI is InChI=1S/C13H17BrN2O.C2HF3O2/c14-12-6-2-1-4-10(12)8-13(17)16-7-3-5-11(16)9-15;3-2(4,5)1(6)7/h1-2,4,6,11H,3,5,7-9,15H2;(H,6,7). The van der Waals surface area contributed by atoms with E-state index in [9.17, 15) is 18.0 Å². The van der Waals surface area contributed by atoms with Gasteiger partial charge in [0.2, 0.25) is 5.91 Å². The van der Waals surface area contributed by atoms with Gasteiger partial charge in [-0.25, -0.2) is 4.79 Å². The summed E-state index contributed by atoms with van der Waals surface area (Å²) >= 11 is 3.47. The largest absolute Gasteiger partial charge is 0.490 e. The van der Waals surface area contributed by atoms with Gasteiger partial charge in [-0.3, -0.25) is 4.79 Å². The molecule has 0 aromatic heterocycles. The molecule has 0 aliphatic carbocycles. The van der Waals surface area contributed by atoms with Crippen molar-refractivity contribution in [2.75, 3.05) is 13.1 Å². The molecule has 1 atom stereocenters. The molecule has 0 spiro atoms. The fourth-order valence-corrected chi connectivity index (χ4v) is 2.74. The van der Waals surface area contributed by atoms with Gasteiger partial charge in [0.05, 0.1) is 6.42 Å². The highest BCUT2D eigenvalue weighted by molar-refractivity contribution is 9.10.